The number of hydrogen-bond donors (Lipinski definition) is 1. The van der Waals surface area contributed by atoms with E-state index < -0.39 is 0 Å². The first-order valence-electron chi connectivity index (χ1n) is 6.22. The SMILES string of the molecule is Cc1ccc(/C=C2\SC(=Nc3cccc(Br)c3)NC2=O)o1. The van der Waals surface area contributed by atoms with Gasteiger partial charge in [-0.05, 0) is 49.0 Å². The molecular formula is C15H11BrN2O2S. The van der Waals surface area contributed by atoms with Gasteiger partial charge >= 0.3 is 0 Å². The van der Waals surface area contributed by atoms with E-state index in [1.165, 1.54) is 11.8 Å². The highest BCUT2D eigenvalue weighted by Crippen LogP contribution is 2.29. The standard InChI is InChI=1S/C15H11BrN2O2S/c1-9-5-6-12(20-9)8-13-14(19)18-15(21-13)17-11-4-2-3-10(16)7-11/h2-8H,1H3,(H,17,18,19)/b13-8-. The molecule has 0 bridgehead atoms. The minimum absolute atomic E-state index is 0.164. The molecule has 0 aliphatic carbocycles. The number of nitrogens with zero attached hydrogens (tertiary/aromatic N) is 1. The lowest BCUT2D eigenvalue weighted by Crippen LogP contribution is -2.19. The third kappa shape index (κ3) is 3.46. The topological polar surface area (TPSA) is 54.6 Å². The fourth-order valence-electron chi connectivity index (χ4n) is 1.80. The molecule has 1 amide bonds. The Morgan fingerprint density at radius 2 is 2.19 bits per heavy atom. The molecule has 0 spiro atoms. The van der Waals surface area contributed by atoms with E-state index in [0.717, 1.165) is 15.9 Å². The number of amides is 1. The van der Waals surface area contributed by atoms with Crippen LogP contribution in [0.25, 0.3) is 6.08 Å². The van der Waals surface area contributed by atoms with Crippen LogP contribution < -0.4 is 5.32 Å². The van der Waals surface area contributed by atoms with Crippen molar-refractivity contribution in [2.75, 3.05) is 0 Å². The third-order valence-electron chi connectivity index (χ3n) is 2.72. The predicted molar refractivity (Wildman–Crippen MR) is 88.4 cm³/mol. The first kappa shape index (κ1) is 14.2. The number of aliphatic imine (C=N–C) groups is 1. The summed E-state index contributed by atoms with van der Waals surface area (Å²) in [6, 6.07) is 11.3. The molecule has 0 saturated carbocycles. The Hall–Kier alpha value is -1.79. The number of carbonyl (C=O) groups excluding carboxylic acids is 1. The van der Waals surface area contributed by atoms with Gasteiger partial charge in [-0.2, -0.15) is 0 Å². The number of rotatable bonds is 2. The van der Waals surface area contributed by atoms with Crippen LogP contribution in [0.2, 0.25) is 0 Å². The minimum atomic E-state index is -0.164. The number of hydrogen-bond acceptors (Lipinski definition) is 4. The van der Waals surface area contributed by atoms with Gasteiger partial charge in [0, 0.05) is 10.5 Å². The molecule has 4 nitrogen and oxygen atoms in total. The summed E-state index contributed by atoms with van der Waals surface area (Å²) < 4.78 is 6.39. The zero-order valence-corrected chi connectivity index (χ0v) is 13.5. The van der Waals surface area contributed by atoms with E-state index in [2.05, 4.69) is 26.2 Å². The third-order valence-corrected chi connectivity index (χ3v) is 4.13. The Morgan fingerprint density at radius 1 is 1.33 bits per heavy atom. The summed E-state index contributed by atoms with van der Waals surface area (Å²) in [6.07, 6.45) is 1.72. The molecule has 1 aromatic heterocycles. The summed E-state index contributed by atoms with van der Waals surface area (Å²) in [5.41, 5.74) is 0.780. The summed E-state index contributed by atoms with van der Waals surface area (Å²) in [5.74, 6) is 1.31. The summed E-state index contributed by atoms with van der Waals surface area (Å²) in [7, 11) is 0. The van der Waals surface area contributed by atoms with Crippen molar-refractivity contribution in [2.24, 2.45) is 4.99 Å². The first-order chi connectivity index (χ1) is 10.1. The molecular weight excluding hydrogens is 352 g/mol. The lowest BCUT2D eigenvalue weighted by atomic mass is 10.3. The lowest BCUT2D eigenvalue weighted by molar-refractivity contribution is -0.115. The zero-order valence-electron chi connectivity index (χ0n) is 11.1. The monoisotopic (exact) mass is 362 g/mol. The van der Waals surface area contributed by atoms with Crippen LogP contribution in [0.1, 0.15) is 11.5 Å². The Morgan fingerprint density at radius 3 is 2.90 bits per heavy atom. The Kier molecular flexibility index (Phi) is 3.98. The van der Waals surface area contributed by atoms with Crippen LogP contribution in [0.15, 0.2) is 55.2 Å². The zero-order chi connectivity index (χ0) is 14.8. The number of nitrogens with one attached hydrogen (secondary N) is 1. The maximum absolute atomic E-state index is 11.9. The smallest absolute Gasteiger partial charge is 0.264 e. The Labute approximate surface area is 134 Å². The van der Waals surface area contributed by atoms with Gasteiger partial charge in [0.2, 0.25) is 0 Å². The molecule has 0 unspecified atom stereocenters. The van der Waals surface area contributed by atoms with Crippen molar-refractivity contribution >= 4 is 50.5 Å². The van der Waals surface area contributed by atoms with Crippen LogP contribution in [0, 0.1) is 6.92 Å². The molecule has 1 N–H and O–H groups in total. The van der Waals surface area contributed by atoms with Gasteiger partial charge in [0.05, 0.1) is 10.6 Å². The van der Waals surface area contributed by atoms with Crippen LogP contribution >= 0.6 is 27.7 Å². The number of carbonyl (C=O) groups is 1. The maximum atomic E-state index is 11.9. The van der Waals surface area contributed by atoms with E-state index in [1.54, 1.807) is 6.08 Å². The average molecular weight is 363 g/mol. The van der Waals surface area contributed by atoms with Crippen molar-refractivity contribution in [3.05, 3.63) is 57.3 Å². The molecule has 1 aliphatic rings. The second-order valence-corrected chi connectivity index (χ2v) is 6.36. The maximum Gasteiger partial charge on any atom is 0.264 e. The number of thioether (sulfide) groups is 1. The highest BCUT2D eigenvalue weighted by molar-refractivity contribution is 9.10. The molecule has 1 aromatic carbocycles. The van der Waals surface area contributed by atoms with Crippen molar-refractivity contribution in [2.45, 2.75) is 6.92 Å². The summed E-state index contributed by atoms with van der Waals surface area (Å²) in [4.78, 5) is 16.9. The second kappa shape index (κ2) is 5.91. The molecule has 0 radical (unpaired) electrons. The number of halogens is 1. The molecule has 1 fully saturated rings. The highest BCUT2D eigenvalue weighted by Gasteiger charge is 2.24. The summed E-state index contributed by atoms with van der Waals surface area (Å²) in [5, 5.41) is 3.31. The van der Waals surface area contributed by atoms with Gasteiger partial charge in [0.25, 0.3) is 5.91 Å². The molecule has 106 valence electrons. The minimum Gasteiger partial charge on any atom is -0.462 e. The fraction of sp³-hybridized carbons (Fsp3) is 0.0667. The highest BCUT2D eigenvalue weighted by atomic mass is 79.9. The molecule has 0 atom stereocenters. The second-order valence-electron chi connectivity index (χ2n) is 4.41. The quantitative estimate of drug-likeness (QED) is 0.812. The molecule has 6 heteroatoms. The molecule has 21 heavy (non-hydrogen) atoms. The van der Waals surface area contributed by atoms with E-state index >= 15 is 0 Å². The van der Waals surface area contributed by atoms with Crippen molar-refractivity contribution < 1.29 is 9.21 Å². The largest absolute Gasteiger partial charge is 0.462 e. The van der Waals surface area contributed by atoms with E-state index in [0.29, 0.717) is 15.8 Å². The van der Waals surface area contributed by atoms with E-state index in [4.69, 9.17) is 4.42 Å². The molecule has 3 rings (SSSR count). The molecule has 2 heterocycles. The van der Waals surface area contributed by atoms with Gasteiger partial charge in [-0.25, -0.2) is 4.99 Å². The number of furan rings is 1. The van der Waals surface area contributed by atoms with Crippen LogP contribution in [0.3, 0.4) is 0 Å². The van der Waals surface area contributed by atoms with E-state index in [1.807, 2.05) is 43.3 Å². The summed E-state index contributed by atoms with van der Waals surface area (Å²) >= 11 is 4.69. The predicted octanol–water partition coefficient (Wildman–Crippen LogP) is 4.24. The molecule has 1 saturated heterocycles. The summed E-state index contributed by atoms with van der Waals surface area (Å²) in [6.45, 7) is 1.87. The van der Waals surface area contributed by atoms with Gasteiger partial charge < -0.3 is 9.73 Å². The fourth-order valence-corrected chi connectivity index (χ4v) is 3.01. The van der Waals surface area contributed by atoms with Crippen LogP contribution in [0.5, 0.6) is 0 Å². The van der Waals surface area contributed by atoms with Crippen LogP contribution in [-0.2, 0) is 4.79 Å². The van der Waals surface area contributed by atoms with Crippen molar-refractivity contribution in [1.29, 1.82) is 0 Å². The Bertz CT molecular complexity index is 765. The normalized spacial score (nSPS) is 18.5. The van der Waals surface area contributed by atoms with Crippen molar-refractivity contribution in [3.8, 4) is 0 Å². The lowest BCUT2D eigenvalue weighted by Gasteiger charge is -1.96. The number of benzene rings is 1. The van der Waals surface area contributed by atoms with Crippen LogP contribution in [-0.4, -0.2) is 11.1 Å². The van der Waals surface area contributed by atoms with Crippen molar-refractivity contribution in [3.63, 3.8) is 0 Å². The molecule has 2 aromatic rings. The van der Waals surface area contributed by atoms with E-state index in [9.17, 15) is 4.79 Å². The van der Waals surface area contributed by atoms with Crippen molar-refractivity contribution in [1.82, 2.24) is 5.32 Å². The average Bonchev–Trinajstić information content (AvgIpc) is 2.97. The number of amidine groups is 1. The van der Waals surface area contributed by atoms with Gasteiger partial charge in [0.1, 0.15) is 11.5 Å². The molecule has 1 aliphatic heterocycles. The van der Waals surface area contributed by atoms with Gasteiger partial charge in [-0.3, -0.25) is 4.79 Å². The van der Waals surface area contributed by atoms with Gasteiger partial charge in [-0.15, -0.1) is 0 Å². The van der Waals surface area contributed by atoms with Crippen LogP contribution in [0.4, 0.5) is 5.69 Å². The van der Waals surface area contributed by atoms with Gasteiger partial charge in [0.15, 0.2) is 5.17 Å². The first-order valence-corrected chi connectivity index (χ1v) is 7.83. The van der Waals surface area contributed by atoms with Gasteiger partial charge in [-0.1, -0.05) is 22.0 Å². The van der Waals surface area contributed by atoms with E-state index in [-0.39, 0.29) is 5.91 Å². The number of aryl methyl sites for hydroxylation is 1. The Balaban J connectivity index is 1.83.